The Balaban J connectivity index is 2.93. The van der Waals surface area contributed by atoms with Gasteiger partial charge in [0, 0.05) is 6.42 Å². The summed E-state index contributed by atoms with van der Waals surface area (Å²) in [6.45, 7) is 6.68. The molecule has 1 aromatic carbocycles. The Labute approximate surface area is 112 Å². The second-order valence-electron chi connectivity index (χ2n) is 5.32. The highest BCUT2D eigenvalue weighted by molar-refractivity contribution is 5.90. The van der Waals surface area contributed by atoms with Gasteiger partial charge in [0.05, 0.1) is 5.69 Å². The minimum atomic E-state index is -0.668. The first-order valence-electron chi connectivity index (χ1n) is 5.99. The lowest BCUT2D eigenvalue weighted by atomic mass is 10.1. The van der Waals surface area contributed by atoms with Crippen LogP contribution in [-0.2, 0) is 16.0 Å². The van der Waals surface area contributed by atoms with Crippen LogP contribution in [0.5, 0.6) is 5.75 Å². The standard InChI is InChI=1S/C14H19NO4/c1-9(16)8-10-6-5-7-11(17)12(10)15-13(18)19-14(2,3)4/h5-7,17H,8H2,1-4H3,(H,15,18). The van der Waals surface area contributed by atoms with Crippen molar-refractivity contribution in [1.29, 1.82) is 0 Å². The SMILES string of the molecule is CC(=O)Cc1cccc(O)c1NC(=O)OC(C)(C)C. The number of carbonyl (C=O) groups is 2. The molecule has 0 aliphatic carbocycles. The molecule has 0 aliphatic heterocycles. The van der Waals surface area contributed by atoms with E-state index in [1.807, 2.05) is 0 Å². The summed E-state index contributed by atoms with van der Waals surface area (Å²) in [5, 5.41) is 12.2. The van der Waals surface area contributed by atoms with Crippen molar-refractivity contribution in [3.63, 3.8) is 0 Å². The van der Waals surface area contributed by atoms with Crippen LogP contribution in [0.4, 0.5) is 10.5 Å². The smallest absolute Gasteiger partial charge is 0.412 e. The van der Waals surface area contributed by atoms with Crippen LogP contribution in [0.3, 0.4) is 0 Å². The molecular formula is C14H19NO4. The number of anilines is 1. The molecule has 0 heterocycles. The normalized spacial score (nSPS) is 10.9. The van der Waals surface area contributed by atoms with Gasteiger partial charge in [0.25, 0.3) is 0 Å². The number of benzene rings is 1. The summed E-state index contributed by atoms with van der Waals surface area (Å²) in [7, 11) is 0. The van der Waals surface area contributed by atoms with Crippen LogP contribution in [-0.4, -0.2) is 22.6 Å². The van der Waals surface area contributed by atoms with Crippen molar-refractivity contribution in [3.05, 3.63) is 23.8 Å². The third-order valence-corrected chi connectivity index (χ3v) is 2.19. The van der Waals surface area contributed by atoms with Gasteiger partial charge in [0.2, 0.25) is 0 Å². The summed E-state index contributed by atoms with van der Waals surface area (Å²) in [5.41, 5.74) is 0.139. The average Bonchev–Trinajstić information content (AvgIpc) is 2.19. The third-order valence-electron chi connectivity index (χ3n) is 2.19. The van der Waals surface area contributed by atoms with Crippen molar-refractivity contribution in [1.82, 2.24) is 0 Å². The Kier molecular flexibility index (Phi) is 4.53. The highest BCUT2D eigenvalue weighted by Gasteiger charge is 2.19. The van der Waals surface area contributed by atoms with E-state index in [2.05, 4.69) is 5.32 Å². The zero-order valence-electron chi connectivity index (χ0n) is 11.6. The van der Waals surface area contributed by atoms with Gasteiger partial charge in [-0.3, -0.25) is 10.1 Å². The number of ketones is 1. The van der Waals surface area contributed by atoms with E-state index in [-0.39, 0.29) is 23.6 Å². The van der Waals surface area contributed by atoms with E-state index in [1.54, 1.807) is 32.9 Å². The van der Waals surface area contributed by atoms with Crippen LogP contribution in [0.15, 0.2) is 18.2 Å². The summed E-state index contributed by atoms with van der Waals surface area (Å²) in [6.07, 6.45) is -0.529. The molecule has 1 amide bonds. The topological polar surface area (TPSA) is 75.6 Å². The number of amides is 1. The maximum Gasteiger partial charge on any atom is 0.412 e. The van der Waals surface area contributed by atoms with Gasteiger partial charge in [0.15, 0.2) is 0 Å². The number of phenols is 1. The molecule has 0 atom stereocenters. The van der Waals surface area contributed by atoms with Crippen molar-refractivity contribution in [2.24, 2.45) is 0 Å². The zero-order valence-corrected chi connectivity index (χ0v) is 11.6. The summed E-state index contributed by atoms with van der Waals surface area (Å²) >= 11 is 0. The Bertz CT molecular complexity index is 489. The number of rotatable bonds is 3. The highest BCUT2D eigenvalue weighted by Crippen LogP contribution is 2.28. The largest absolute Gasteiger partial charge is 0.506 e. The molecule has 2 N–H and O–H groups in total. The molecule has 1 aromatic rings. The fourth-order valence-electron chi connectivity index (χ4n) is 1.55. The lowest BCUT2D eigenvalue weighted by Gasteiger charge is -2.20. The molecule has 0 bridgehead atoms. The highest BCUT2D eigenvalue weighted by atomic mass is 16.6. The second-order valence-corrected chi connectivity index (χ2v) is 5.32. The number of para-hydroxylation sites is 1. The van der Waals surface area contributed by atoms with Crippen molar-refractivity contribution >= 4 is 17.6 Å². The van der Waals surface area contributed by atoms with Crippen LogP contribution < -0.4 is 5.32 Å². The number of hydrogen-bond donors (Lipinski definition) is 2. The van der Waals surface area contributed by atoms with Crippen LogP contribution in [0, 0.1) is 0 Å². The number of ether oxygens (including phenoxy) is 1. The molecule has 0 fully saturated rings. The Morgan fingerprint density at radius 2 is 1.95 bits per heavy atom. The summed E-state index contributed by atoms with van der Waals surface area (Å²) in [5.74, 6) is -0.151. The Morgan fingerprint density at radius 1 is 1.32 bits per heavy atom. The average molecular weight is 265 g/mol. The number of phenolic OH excluding ortho intramolecular Hbond substituents is 1. The van der Waals surface area contributed by atoms with Crippen molar-refractivity contribution in [3.8, 4) is 5.75 Å². The summed E-state index contributed by atoms with van der Waals surface area (Å²) in [6, 6.07) is 4.73. The van der Waals surface area contributed by atoms with Gasteiger partial charge in [-0.05, 0) is 39.3 Å². The summed E-state index contributed by atoms with van der Waals surface area (Å²) in [4.78, 5) is 22.9. The molecule has 0 saturated heterocycles. The predicted molar refractivity (Wildman–Crippen MR) is 72.3 cm³/mol. The number of hydrogen-bond acceptors (Lipinski definition) is 4. The number of aromatic hydroxyl groups is 1. The fourth-order valence-corrected chi connectivity index (χ4v) is 1.55. The van der Waals surface area contributed by atoms with Crippen molar-refractivity contribution in [2.75, 3.05) is 5.32 Å². The monoisotopic (exact) mass is 265 g/mol. The van der Waals surface area contributed by atoms with Gasteiger partial charge in [-0.1, -0.05) is 12.1 Å². The van der Waals surface area contributed by atoms with Gasteiger partial charge in [-0.2, -0.15) is 0 Å². The van der Waals surface area contributed by atoms with Crippen LogP contribution in [0.25, 0.3) is 0 Å². The Morgan fingerprint density at radius 3 is 2.47 bits per heavy atom. The van der Waals surface area contributed by atoms with Crippen LogP contribution in [0.1, 0.15) is 33.3 Å². The first-order valence-corrected chi connectivity index (χ1v) is 5.99. The van der Waals surface area contributed by atoms with E-state index in [0.29, 0.717) is 5.56 Å². The maximum atomic E-state index is 11.7. The van der Waals surface area contributed by atoms with Crippen molar-refractivity contribution in [2.45, 2.75) is 39.7 Å². The molecule has 0 radical (unpaired) electrons. The predicted octanol–water partition coefficient (Wildman–Crippen LogP) is 2.87. The molecule has 0 saturated carbocycles. The quantitative estimate of drug-likeness (QED) is 0.824. The second kappa shape index (κ2) is 5.73. The molecular weight excluding hydrogens is 246 g/mol. The minimum Gasteiger partial charge on any atom is -0.506 e. The van der Waals surface area contributed by atoms with Gasteiger partial charge in [-0.25, -0.2) is 4.79 Å². The van der Waals surface area contributed by atoms with Crippen molar-refractivity contribution < 1.29 is 19.4 Å². The molecule has 0 aliphatic rings. The molecule has 19 heavy (non-hydrogen) atoms. The third kappa shape index (κ3) is 4.99. The molecule has 0 unspecified atom stereocenters. The van der Waals surface area contributed by atoms with E-state index in [1.165, 1.54) is 13.0 Å². The van der Waals surface area contributed by atoms with Gasteiger partial charge < -0.3 is 9.84 Å². The summed E-state index contributed by atoms with van der Waals surface area (Å²) < 4.78 is 5.11. The number of carbonyl (C=O) groups excluding carboxylic acids is 2. The zero-order chi connectivity index (χ0) is 14.6. The number of Topliss-reactive ketones (excluding diaryl/α,β-unsaturated/α-hetero) is 1. The number of nitrogens with one attached hydrogen (secondary N) is 1. The van der Waals surface area contributed by atoms with E-state index < -0.39 is 11.7 Å². The first-order chi connectivity index (χ1) is 8.69. The molecule has 104 valence electrons. The van der Waals surface area contributed by atoms with Gasteiger partial charge in [0.1, 0.15) is 17.1 Å². The van der Waals surface area contributed by atoms with E-state index in [9.17, 15) is 14.7 Å². The Hall–Kier alpha value is -2.04. The first kappa shape index (κ1) is 15.0. The molecule has 5 heteroatoms. The molecule has 0 aromatic heterocycles. The van der Waals surface area contributed by atoms with Crippen LogP contribution in [0.2, 0.25) is 0 Å². The van der Waals surface area contributed by atoms with E-state index >= 15 is 0 Å². The molecule has 5 nitrogen and oxygen atoms in total. The molecule has 0 spiro atoms. The molecule has 1 rings (SSSR count). The maximum absolute atomic E-state index is 11.7. The van der Waals surface area contributed by atoms with Gasteiger partial charge >= 0.3 is 6.09 Å². The van der Waals surface area contributed by atoms with Crippen LogP contribution >= 0.6 is 0 Å². The lowest BCUT2D eigenvalue weighted by molar-refractivity contribution is -0.116. The minimum absolute atomic E-state index is 0.0576. The fraction of sp³-hybridized carbons (Fsp3) is 0.429. The van der Waals surface area contributed by atoms with E-state index in [0.717, 1.165) is 0 Å². The van der Waals surface area contributed by atoms with Gasteiger partial charge in [-0.15, -0.1) is 0 Å². The van der Waals surface area contributed by atoms with E-state index in [4.69, 9.17) is 4.74 Å². The lowest BCUT2D eigenvalue weighted by Crippen LogP contribution is -2.27.